The van der Waals surface area contributed by atoms with Gasteiger partial charge >= 0.3 is 0 Å². The number of hydrogen-bond donors (Lipinski definition) is 1. The zero-order chi connectivity index (χ0) is 20.6. The van der Waals surface area contributed by atoms with Crippen LogP contribution in [0, 0.1) is 0 Å². The Morgan fingerprint density at radius 2 is 1.97 bits per heavy atom. The minimum atomic E-state index is -0.140. The predicted octanol–water partition coefficient (Wildman–Crippen LogP) is 5.55. The summed E-state index contributed by atoms with van der Waals surface area (Å²) in [6, 6.07) is 15.1. The fourth-order valence-electron chi connectivity index (χ4n) is 2.51. The number of thioether (sulfide) groups is 1. The molecule has 152 valence electrons. The molecule has 0 radical (unpaired) electrons. The Bertz CT molecular complexity index is 946. The molecular formula is C21H22ClN3O3S. The Morgan fingerprint density at radius 1 is 1.21 bits per heavy atom. The maximum atomic E-state index is 12.2. The van der Waals surface area contributed by atoms with E-state index in [0.717, 1.165) is 12.1 Å². The molecule has 2 aromatic carbocycles. The van der Waals surface area contributed by atoms with Gasteiger partial charge in [-0.05, 0) is 42.2 Å². The van der Waals surface area contributed by atoms with Gasteiger partial charge in [-0.25, -0.2) is 0 Å². The van der Waals surface area contributed by atoms with Crippen molar-refractivity contribution >= 4 is 35.0 Å². The van der Waals surface area contributed by atoms with Crippen LogP contribution in [0.15, 0.2) is 58.2 Å². The van der Waals surface area contributed by atoms with Gasteiger partial charge in [0, 0.05) is 5.69 Å². The van der Waals surface area contributed by atoms with Crippen LogP contribution in [0.2, 0.25) is 5.02 Å². The van der Waals surface area contributed by atoms with Crippen LogP contribution in [0.3, 0.4) is 0 Å². The van der Waals surface area contributed by atoms with Gasteiger partial charge in [-0.2, -0.15) is 0 Å². The molecule has 1 N–H and O–H groups in total. The lowest BCUT2D eigenvalue weighted by Gasteiger charge is -2.10. The molecule has 3 aromatic rings. The highest BCUT2D eigenvalue weighted by Crippen LogP contribution is 2.25. The number of carbonyl (C=O) groups excluding carboxylic acids is 1. The van der Waals surface area contributed by atoms with Gasteiger partial charge in [-0.3, -0.25) is 4.79 Å². The lowest BCUT2D eigenvalue weighted by molar-refractivity contribution is -0.113. The van der Waals surface area contributed by atoms with Crippen LogP contribution in [0.4, 0.5) is 5.69 Å². The van der Waals surface area contributed by atoms with Crippen molar-refractivity contribution in [2.75, 3.05) is 11.1 Å². The number of aromatic nitrogens is 2. The first-order valence-electron chi connectivity index (χ1n) is 9.27. The zero-order valence-electron chi connectivity index (χ0n) is 16.2. The summed E-state index contributed by atoms with van der Waals surface area (Å²) < 4.78 is 11.1. The fraction of sp³-hybridized carbons (Fsp3) is 0.286. The average Bonchev–Trinajstić information content (AvgIpc) is 3.19. The third kappa shape index (κ3) is 6.24. The Hall–Kier alpha value is -2.51. The number of rotatable bonds is 9. The van der Waals surface area contributed by atoms with Gasteiger partial charge in [-0.15, -0.1) is 10.2 Å². The molecule has 6 nitrogen and oxygen atoms in total. The smallest absolute Gasteiger partial charge is 0.277 e. The third-order valence-electron chi connectivity index (χ3n) is 4.34. The van der Waals surface area contributed by atoms with E-state index < -0.39 is 0 Å². The highest BCUT2D eigenvalue weighted by molar-refractivity contribution is 7.99. The number of nitrogens with one attached hydrogen (secondary N) is 1. The van der Waals surface area contributed by atoms with Crippen LogP contribution < -0.4 is 10.1 Å². The van der Waals surface area contributed by atoms with E-state index in [1.807, 2.05) is 36.4 Å². The molecule has 8 heteroatoms. The van der Waals surface area contributed by atoms with E-state index in [0.29, 0.717) is 27.8 Å². The summed E-state index contributed by atoms with van der Waals surface area (Å²) in [4.78, 5) is 12.2. The number of amides is 1. The van der Waals surface area contributed by atoms with Gasteiger partial charge in [-0.1, -0.05) is 61.5 Å². The van der Waals surface area contributed by atoms with Crippen LogP contribution in [0.5, 0.6) is 5.75 Å². The van der Waals surface area contributed by atoms with E-state index in [1.54, 1.807) is 12.1 Å². The molecule has 1 heterocycles. The summed E-state index contributed by atoms with van der Waals surface area (Å²) in [5.74, 6) is 1.39. The molecule has 0 fully saturated rings. The molecule has 0 aliphatic carbocycles. The third-order valence-corrected chi connectivity index (χ3v) is 5.47. The molecule has 0 saturated heterocycles. The zero-order valence-corrected chi connectivity index (χ0v) is 17.8. The standard InChI is InChI=1S/C21H22ClN3O3S/c1-3-14(2)15-8-10-16(11-9-15)23-19(26)13-29-21-25-24-20(28-21)12-27-18-7-5-4-6-17(18)22/h4-11,14H,3,12-13H2,1-2H3,(H,23,26)/t14-/m0/s1. The molecular weight excluding hydrogens is 410 g/mol. The molecule has 0 aliphatic rings. The van der Waals surface area contributed by atoms with E-state index in [4.69, 9.17) is 20.8 Å². The minimum Gasteiger partial charge on any atom is -0.482 e. The fourth-order valence-corrected chi connectivity index (χ4v) is 3.28. The lowest BCUT2D eigenvalue weighted by atomic mass is 9.99. The number of benzene rings is 2. The summed E-state index contributed by atoms with van der Waals surface area (Å²) in [6.07, 6.45) is 1.08. The molecule has 1 aromatic heterocycles. The quantitative estimate of drug-likeness (QED) is 0.448. The summed E-state index contributed by atoms with van der Waals surface area (Å²) in [5, 5.41) is 11.5. The number of ether oxygens (including phenoxy) is 1. The van der Waals surface area contributed by atoms with Crippen molar-refractivity contribution in [3.05, 3.63) is 65.0 Å². The van der Waals surface area contributed by atoms with Crippen LogP contribution in [-0.4, -0.2) is 21.9 Å². The highest BCUT2D eigenvalue weighted by Gasteiger charge is 2.11. The molecule has 0 spiro atoms. The normalized spacial score (nSPS) is 11.8. The van der Waals surface area contributed by atoms with Gasteiger partial charge < -0.3 is 14.5 Å². The summed E-state index contributed by atoms with van der Waals surface area (Å²) in [5.41, 5.74) is 2.03. The SMILES string of the molecule is CC[C@H](C)c1ccc(NC(=O)CSc2nnc(COc3ccccc3Cl)o2)cc1. The molecule has 0 aliphatic heterocycles. The summed E-state index contributed by atoms with van der Waals surface area (Å²) in [6.45, 7) is 4.44. The maximum absolute atomic E-state index is 12.2. The second-order valence-corrected chi connectivity index (χ2v) is 7.78. The number of halogens is 1. The van der Waals surface area contributed by atoms with Gasteiger partial charge in [0.05, 0.1) is 10.8 Å². The Labute approximate surface area is 179 Å². The molecule has 1 amide bonds. The Kier molecular flexibility index (Phi) is 7.55. The van der Waals surface area contributed by atoms with Gasteiger partial charge in [0.2, 0.25) is 5.91 Å². The van der Waals surface area contributed by atoms with Crippen LogP contribution >= 0.6 is 23.4 Å². The van der Waals surface area contributed by atoms with Crippen molar-refractivity contribution in [1.29, 1.82) is 0 Å². The van der Waals surface area contributed by atoms with E-state index in [-0.39, 0.29) is 18.3 Å². The monoisotopic (exact) mass is 431 g/mol. The van der Waals surface area contributed by atoms with Crippen molar-refractivity contribution in [2.45, 2.75) is 38.0 Å². The van der Waals surface area contributed by atoms with Crippen molar-refractivity contribution in [2.24, 2.45) is 0 Å². The summed E-state index contributed by atoms with van der Waals surface area (Å²) >= 11 is 7.21. The number of hydrogen-bond acceptors (Lipinski definition) is 6. The lowest BCUT2D eigenvalue weighted by Crippen LogP contribution is -2.14. The van der Waals surface area contributed by atoms with E-state index in [2.05, 4.69) is 29.4 Å². The van der Waals surface area contributed by atoms with Gasteiger partial charge in [0.15, 0.2) is 6.61 Å². The van der Waals surface area contributed by atoms with Gasteiger partial charge in [0.25, 0.3) is 11.1 Å². The Morgan fingerprint density at radius 3 is 2.69 bits per heavy atom. The molecule has 3 rings (SSSR count). The average molecular weight is 432 g/mol. The highest BCUT2D eigenvalue weighted by atomic mass is 35.5. The second kappa shape index (κ2) is 10.3. The molecule has 0 unspecified atom stereocenters. The largest absolute Gasteiger partial charge is 0.482 e. The number of para-hydroxylation sites is 1. The van der Waals surface area contributed by atoms with Crippen LogP contribution in [-0.2, 0) is 11.4 Å². The molecule has 0 saturated carbocycles. The van der Waals surface area contributed by atoms with Crippen LogP contribution in [0.25, 0.3) is 0 Å². The number of carbonyl (C=O) groups is 1. The predicted molar refractivity (Wildman–Crippen MR) is 115 cm³/mol. The molecule has 1 atom stereocenters. The Balaban J connectivity index is 1.45. The number of anilines is 1. The first-order chi connectivity index (χ1) is 14.0. The maximum Gasteiger partial charge on any atom is 0.277 e. The van der Waals surface area contributed by atoms with E-state index in [1.165, 1.54) is 17.3 Å². The molecule has 29 heavy (non-hydrogen) atoms. The van der Waals surface area contributed by atoms with Crippen molar-refractivity contribution < 1.29 is 13.9 Å². The topological polar surface area (TPSA) is 77.2 Å². The van der Waals surface area contributed by atoms with Crippen LogP contribution in [0.1, 0.15) is 37.6 Å². The second-order valence-electron chi connectivity index (χ2n) is 6.45. The molecule has 0 bridgehead atoms. The first kappa shape index (κ1) is 21.2. The van der Waals surface area contributed by atoms with E-state index in [9.17, 15) is 4.79 Å². The van der Waals surface area contributed by atoms with Crippen molar-refractivity contribution in [3.63, 3.8) is 0 Å². The number of nitrogens with zero attached hydrogens (tertiary/aromatic N) is 2. The van der Waals surface area contributed by atoms with Crippen molar-refractivity contribution in [3.8, 4) is 5.75 Å². The van der Waals surface area contributed by atoms with E-state index >= 15 is 0 Å². The summed E-state index contributed by atoms with van der Waals surface area (Å²) in [7, 11) is 0. The minimum absolute atomic E-state index is 0.103. The first-order valence-corrected chi connectivity index (χ1v) is 10.6. The van der Waals surface area contributed by atoms with Gasteiger partial charge in [0.1, 0.15) is 5.75 Å². The van der Waals surface area contributed by atoms with Crippen molar-refractivity contribution in [1.82, 2.24) is 10.2 Å².